The molecule has 7 heteroatoms. The third-order valence-electron chi connectivity index (χ3n) is 3.60. The molecule has 4 nitrogen and oxygen atoms in total. The molecule has 1 saturated carbocycles. The van der Waals surface area contributed by atoms with E-state index in [0.29, 0.717) is 12.8 Å². The van der Waals surface area contributed by atoms with E-state index >= 15 is 0 Å². The van der Waals surface area contributed by atoms with Gasteiger partial charge in [0.05, 0.1) is 5.41 Å². The molecule has 1 fully saturated rings. The quantitative estimate of drug-likeness (QED) is 0.818. The molecule has 0 aromatic heterocycles. The van der Waals surface area contributed by atoms with E-state index in [2.05, 4.69) is 21.2 Å². The number of alkyl halides is 2. The highest BCUT2D eigenvalue weighted by Crippen LogP contribution is 2.48. The van der Waals surface area contributed by atoms with Gasteiger partial charge in [0.25, 0.3) is 0 Å². The lowest BCUT2D eigenvalue weighted by molar-refractivity contribution is -0.143. The van der Waals surface area contributed by atoms with Crippen molar-refractivity contribution in [1.82, 2.24) is 5.32 Å². The molecule has 21 heavy (non-hydrogen) atoms. The molecule has 2 N–H and O–H groups in total. The first-order valence-corrected chi connectivity index (χ1v) is 7.22. The van der Waals surface area contributed by atoms with Gasteiger partial charge in [0.15, 0.2) is 0 Å². The smallest absolute Gasteiger partial charge is 0.326 e. The molecule has 0 aliphatic heterocycles. The zero-order valence-corrected chi connectivity index (χ0v) is 12.6. The van der Waals surface area contributed by atoms with Crippen molar-refractivity contribution < 1.29 is 23.5 Å². The molecule has 2 rings (SSSR count). The Morgan fingerprint density at radius 3 is 2.29 bits per heavy atom. The molecular formula is C14H14BrF2NO3. The molecule has 1 amide bonds. The number of benzene rings is 1. The summed E-state index contributed by atoms with van der Waals surface area (Å²) in [6, 6.07) is 5.57. The molecule has 0 bridgehead atoms. The van der Waals surface area contributed by atoms with E-state index in [-0.39, 0.29) is 0 Å². The SMILES string of the molecule is O=C(O)C(CC(F)F)NC(=O)C1(c2ccc(Br)cc2)CC1. The minimum atomic E-state index is -2.78. The predicted octanol–water partition coefficient (Wildman–Crippen LogP) is 2.71. The lowest BCUT2D eigenvalue weighted by atomic mass is 9.94. The zero-order valence-electron chi connectivity index (χ0n) is 11.0. The summed E-state index contributed by atoms with van der Waals surface area (Å²) in [7, 11) is 0. The zero-order chi connectivity index (χ0) is 15.6. The van der Waals surface area contributed by atoms with Gasteiger partial charge in [-0.15, -0.1) is 0 Å². The van der Waals surface area contributed by atoms with Gasteiger partial charge in [0, 0.05) is 10.9 Å². The summed E-state index contributed by atoms with van der Waals surface area (Å²) in [4.78, 5) is 23.2. The fraction of sp³-hybridized carbons (Fsp3) is 0.429. The maximum Gasteiger partial charge on any atom is 0.326 e. The third kappa shape index (κ3) is 3.58. The number of carbonyl (C=O) groups excluding carboxylic acids is 1. The number of carboxylic acid groups (broad SMARTS) is 1. The number of halogens is 3. The minimum Gasteiger partial charge on any atom is -0.480 e. The van der Waals surface area contributed by atoms with Crippen LogP contribution in [0.4, 0.5) is 8.78 Å². The number of carboxylic acids is 1. The van der Waals surface area contributed by atoms with Crippen LogP contribution in [0.2, 0.25) is 0 Å². The fourth-order valence-electron chi connectivity index (χ4n) is 2.24. The molecule has 114 valence electrons. The van der Waals surface area contributed by atoms with Gasteiger partial charge in [-0.1, -0.05) is 28.1 Å². The average molecular weight is 362 g/mol. The number of hydrogen-bond acceptors (Lipinski definition) is 2. The van der Waals surface area contributed by atoms with Crippen LogP contribution in [0.25, 0.3) is 0 Å². The van der Waals surface area contributed by atoms with E-state index < -0.39 is 36.2 Å². The highest BCUT2D eigenvalue weighted by molar-refractivity contribution is 9.10. The molecule has 0 heterocycles. The van der Waals surface area contributed by atoms with Gasteiger partial charge < -0.3 is 10.4 Å². The summed E-state index contributed by atoms with van der Waals surface area (Å²) in [6.45, 7) is 0. The van der Waals surface area contributed by atoms with Crippen molar-refractivity contribution in [2.75, 3.05) is 0 Å². The van der Waals surface area contributed by atoms with E-state index in [9.17, 15) is 18.4 Å². The standard InChI is InChI=1S/C14H14BrF2NO3/c15-9-3-1-8(2-4-9)14(5-6-14)13(21)18-10(12(19)20)7-11(16)17/h1-4,10-11H,5-7H2,(H,18,21)(H,19,20). The molecule has 1 aliphatic carbocycles. The number of amides is 1. The van der Waals surface area contributed by atoms with E-state index in [1.807, 2.05) is 0 Å². The Labute approximate surface area is 128 Å². The van der Waals surface area contributed by atoms with Crippen LogP contribution in [0.15, 0.2) is 28.7 Å². The first kappa shape index (κ1) is 15.9. The van der Waals surface area contributed by atoms with Crippen LogP contribution in [0, 0.1) is 0 Å². The Balaban J connectivity index is 2.11. The number of carbonyl (C=O) groups is 2. The second-order valence-corrected chi connectivity index (χ2v) is 6.00. The second-order valence-electron chi connectivity index (χ2n) is 5.08. The van der Waals surface area contributed by atoms with Gasteiger partial charge in [-0.2, -0.15) is 0 Å². The molecule has 0 spiro atoms. The average Bonchev–Trinajstić information content (AvgIpc) is 3.19. The molecule has 1 atom stereocenters. The van der Waals surface area contributed by atoms with Crippen LogP contribution in [0.3, 0.4) is 0 Å². The number of hydrogen-bond donors (Lipinski definition) is 2. The van der Waals surface area contributed by atoms with E-state index in [1.165, 1.54) is 0 Å². The normalized spacial score (nSPS) is 17.3. The Kier molecular flexibility index (Phi) is 4.61. The van der Waals surface area contributed by atoms with Crippen molar-refractivity contribution >= 4 is 27.8 Å². The van der Waals surface area contributed by atoms with Gasteiger partial charge in [-0.25, -0.2) is 13.6 Å². The van der Waals surface area contributed by atoms with Gasteiger partial charge >= 0.3 is 5.97 Å². The Morgan fingerprint density at radius 1 is 1.29 bits per heavy atom. The Bertz CT molecular complexity index is 544. The molecule has 0 radical (unpaired) electrons. The van der Waals surface area contributed by atoms with E-state index in [1.54, 1.807) is 24.3 Å². The van der Waals surface area contributed by atoms with Crippen LogP contribution >= 0.6 is 15.9 Å². The third-order valence-corrected chi connectivity index (χ3v) is 4.13. The van der Waals surface area contributed by atoms with E-state index in [4.69, 9.17) is 5.11 Å². The Morgan fingerprint density at radius 2 is 1.86 bits per heavy atom. The summed E-state index contributed by atoms with van der Waals surface area (Å²) in [5.74, 6) is -1.95. The van der Waals surface area contributed by atoms with Crippen molar-refractivity contribution in [3.05, 3.63) is 34.3 Å². The van der Waals surface area contributed by atoms with Gasteiger partial charge in [-0.3, -0.25) is 4.79 Å². The van der Waals surface area contributed by atoms with Crippen molar-refractivity contribution in [1.29, 1.82) is 0 Å². The largest absolute Gasteiger partial charge is 0.480 e. The van der Waals surface area contributed by atoms with Gasteiger partial charge in [-0.05, 0) is 30.5 Å². The summed E-state index contributed by atoms with van der Waals surface area (Å²) < 4.78 is 25.6. The van der Waals surface area contributed by atoms with Crippen molar-refractivity contribution in [2.24, 2.45) is 0 Å². The van der Waals surface area contributed by atoms with Crippen LogP contribution in [0.5, 0.6) is 0 Å². The number of nitrogens with one attached hydrogen (secondary N) is 1. The molecule has 1 aromatic carbocycles. The topological polar surface area (TPSA) is 66.4 Å². The molecule has 1 aliphatic rings. The maximum absolute atomic E-state index is 12.4. The summed E-state index contributed by atoms with van der Waals surface area (Å²) in [6.07, 6.45) is -2.50. The van der Waals surface area contributed by atoms with Crippen molar-refractivity contribution in [2.45, 2.75) is 37.1 Å². The van der Waals surface area contributed by atoms with E-state index in [0.717, 1.165) is 10.0 Å². The highest BCUT2D eigenvalue weighted by Gasteiger charge is 2.52. The van der Waals surface area contributed by atoms with Crippen molar-refractivity contribution in [3.8, 4) is 0 Å². The first-order chi connectivity index (χ1) is 9.85. The highest BCUT2D eigenvalue weighted by atomic mass is 79.9. The van der Waals surface area contributed by atoms with Gasteiger partial charge in [0.2, 0.25) is 12.3 Å². The van der Waals surface area contributed by atoms with Crippen LogP contribution < -0.4 is 5.32 Å². The number of rotatable bonds is 6. The van der Waals surface area contributed by atoms with Crippen LogP contribution in [0.1, 0.15) is 24.8 Å². The van der Waals surface area contributed by atoms with Crippen molar-refractivity contribution in [3.63, 3.8) is 0 Å². The first-order valence-electron chi connectivity index (χ1n) is 6.43. The fourth-order valence-corrected chi connectivity index (χ4v) is 2.50. The lowest BCUT2D eigenvalue weighted by Crippen LogP contribution is -2.46. The Hall–Kier alpha value is -1.50. The molecule has 1 aromatic rings. The monoisotopic (exact) mass is 361 g/mol. The summed E-state index contributed by atoms with van der Waals surface area (Å²) in [5, 5.41) is 11.1. The van der Waals surface area contributed by atoms with Crippen LogP contribution in [-0.4, -0.2) is 29.5 Å². The van der Waals surface area contributed by atoms with Gasteiger partial charge in [0.1, 0.15) is 6.04 Å². The summed E-state index contributed by atoms with van der Waals surface area (Å²) in [5.41, 5.74) is -0.0133. The number of aliphatic carboxylic acids is 1. The molecule has 0 saturated heterocycles. The lowest BCUT2D eigenvalue weighted by Gasteiger charge is -2.20. The molecule has 1 unspecified atom stereocenters. The predicted molar refractivity (Wildman–Crippen MR) is 75.2 cm³/mol. The molecular weight excluding hydrogens is 348 g/mol. The second kappa shape index (κ2) is 6.09. The summed E-state index contributed by atoms with van der Waals surface area (Å²) >= 11 is 3.29. The minimum absolute atomic E-state index is 0.502. The van der Waals surface area contributed by atoms with Crippen LogP contribution in [-0.2, 0) is 15.0 Å². The maximum atomic E-state index is 12.4.